The van der Waals surface area contributed by atoms with Crippen LogP contribution in [0.1, 0.15) is 23.5 Å². The van der Waals surface area contributed by atoms with E-state index in [1.54, 1.807) is 14.2 Å². The molecule has 1 fully saturated rings. The van der Waals surface area contributed by atoms with Crippen LogP contribution in [0.2, 0.25) is 0 Å². The minimum atomic E-state index is -0.284. The molecule has 0 N–H and O–H groups in total. The number of nitriles is 1. The second-order valence-electron chi connectivity index (χ2n) is 3.98. The Bertz CT molecular complexity index is 410. The van der Waals surface area contributed by atoms with Crippen molar-refractivity contribution in [3.8, 4) is 6.07 Å². The highest BCUT2D eigenvalue weighted by Gasteiger charge is 2.36. The van der Waals surface area contributed by atoms with Gasteiger partial charge in [-0.2, -0.15) is 5.26 Å². The lowest BCUT2D eigenvalue weighted by atomic mass is 9.96. The highest BCUT2D eigenvalue weighted by molar-refractivity contribution is 5.33. The maximum atomic E-state index is 8.75. The summed E-state index contributed by atoms with van der Waals surface area (Å²) in [6, 6.07) is 9.60. The molecule has 90 valence electrons. The van der Waals surface area contributed by atoms with Crippen molar-refractivity contribution in [1.82, 2.24) is 0 Å². The minimum Gasteiger partial charge on any atom is -0.356 e. The van der Waals surface area contributed by atoms with Crippen molar-refractivity contribution in [1.29, 1.82) is 5.26 Å². The molecule has 3 unspecified atom stereocenters. The van der Waals surface area contributed by atoms with Gasteiger partial charge < -0.3 is 14.2 Å². The molecular weight excluding hydrogens is 218 g/mol. The lowest BCUT2D eigenvalue weighted by Gasteiger charge is -2.16. The highest BCUT2D eigenvalue weighted by atomic mass is 16.8. The third kappa shape index (κ3) is 2.47. The van der Waals surface area contributed by atoms with Gasteiger partial charge in [0.15, 0.2) is 12.6 Å². The molecule has 0 saturated carbocycles. The number of rotatable bonds is 3. The van der Waals surface area contributed by atoms with E-state index >= 15 is 0 Å². The van der Waals surface area contributed by atoms with Gasteiger partial charge in [0.05, 0.1) is 11.6 Å². The van der Waals surface area contributed by atoms with Crippen LogP contribution in [0.4, 0.5) is 0 Å². The summed E-state index contributed by atoms with van der Waals surface area (Å²) in [5.74, 6) is 0.151. The molecule has 1 aliphatic rings. The van der Waals surface area contributed by atoms with Gasteiger partial charge in [-0.15, -0.1) is 0 Å². The van der Waals surface area contributed by atoms with Gasteiger partial charge in [0, 0.05) is 26.6 Å². The molecule has 0 aliphatic carbocycles. The zero-order valence-electron chi connectivity index (χ0n) is 9.92. The molecule has 1 aromatic rings. The maximum Gasteiger partial charge on any atom is 0.167 e. The molecule has 0 spiro atoms. The quantitative estimate of drug-likeness (QED) is 0.801. The van der Waals surface area contributed by atoms with Crippen molar-refractivity contribution in [3.63, 3.8) is 0 Å². The van der Waals surface area contributed by atoms with Crippen molar-refractivity contribution in [2.45, 2.75) is 24.9 Å². The molecule has 0 bridgehead atoms. The molecule has 1 saturated heterocycles. The van der Waals surface area contributed by atoms with E-state index in [2.05, 4.69) is 6.07 Å². The number of hydrogen-bond acceptors (Lipinski definition) is 4. The summed E-state index contributed by atoms with van der Waals surface area (Å²) in [6.45, 7) is 0. The van der Waals surface area contributed by atoms with E-state index in [0.29, 0.717) is 5.56 Å². The van der Waals surface area contributed by atoms with Crippen molar-refractivity contribution in [2.75, 3.05) is 14.2 Å². The van der Waals surface area contributed by atoms with Gasteiger partial charge in [-0.3, -0.25) is 0 Å². The van der Waals surface area contributed by atoms with Gasteiger partial charge in [-0.1, -0.05) is 12.1 Å². The van der Waals surface area contributed by atoms with Crippen LogP contribution in [0.15, 0.2) is 24.3 Å². The fourth-order valence-corrected chi connectivity index (χ4v) is 2.09. The molecular formula is C13H15NO3. The minimum absolute atomic E-state index is 0.151. The smallest absolute Gasteiger partial charge is 0.167 e. The first-order chi connectivity index (χ1) is 8.28. The van der Waals surface area contributed by atoms with E-state index in [1.165, 1.54) is 0 Å². The Morgan fingerprint density at radius 1 is 1.24 bits per heavy atom. The summed E-state index contributed by atoms with van der Waals surface area (Å²) < 4.78 is 16.1. The topological polar surface area (TPSA) is 51.5 Å². The average molecular weight is 233 g/mol. The van der Waals surface area contributed by atoms with Crippen LogP contribution in [0.3, 0.4) is 0 Å². The lowest BCUT2D eigenvalue weighted by molar-refractivity contribution is -0.188. The van der Waals surface area contributed by atoms with Crippen LogP contribution in [0, 0.1) is 11.3 Å². The fourth-order valence-electron chi connectivity index (χ4n) is 2.09. The van der Waals surface area contributed by atoms with Gasteiger partial charge in [0.2, 0.25) is 0 Å². The van der Waals surface area contributed by atoms with Crippen LogP contribution >= 0.6 is 0 Å². The summed E-state index contributed by atoms with van der Waals surface area (Å²) in [5, 5.41) is 8.75. The van der Waals surface area contributed by atoms with Gasteiger partial charge in [-0.25, -0.2) is 0 Å². The lowest BCUT2D eigenvalue weighted by Crippen LogP contribution is -2.17. The summed E-state index contributed by atoms with van der Waals surface area (Å²) in [6.07, 6.45) is 0.259. The van der Waals surface area contributed by atoms with E-state index in [1.807, 2.05) is 24.3 Å². The van der Waals surface area contributed by atoms with Crippen LogP contribution in [-0.4, -0.2) is 26.8 Å². The summed E-state index contributed by atoms with van der Waals surface area (Å²) in [7, 11) is 3.25. The number of ether oxygens (including phenoxy) is 3. The SMILES string of the molecule is COC1CC(c2ccc(C#N)cc2)C(OC)O1. The third-order valence-electron chi connectivity index (χ3n) is 3.02. The fraction of sp³-hybridized carbons (Fsp3) is 0.462. The molecule has 4 heteroatoms. The molecule has 1 aliphatic heterocycles. The number of benzene rings is 1. The number of methoxy groups -OCH3 is 2. The second kappa shape index (κ2) is 5.28. The largest absolute Gasteiger partial charge is 0.356 e. The van der Waals surface area contributed by atoms with E-state index in [9.17, 15) is 0 Å². The Hall–Kier alpha value is -1.41. The summed E-state index contributed by atoms with van der Waals surface area (Å²) in [4.78, 5) is 0. The van der Waals surface area contributed by atoms with Crippen LogP contribution in [0.5, 0.6) is 0 Å². The van der Waals surface area contributed by atoms with Gasteiger partial charge in [0.1, 0.15) is 0 Å². The van der Waals surface area contributed by atoms with Crippen molar-refractivity contribution in [3.05, 3.63) is 35.4 Å². The van der Waals surface area contributed by atoms with E-state index in [4.69, 9.17) is 19.5 Å². The molecule has 0 amide bonds. The van der Waals surface area contributed by atoms with E-state index in [-0.39, 0.29) is 18.5 Å². The van der Waals surface area contributed by atoms with Gasteiger partial charge >= 0.3 is 0 Å². The van der Waals surface area contributed by atoms with Crippen molar-refractivity contribution >= 4 is 0 Å². The molecule has 2 rings (SSSR count). The first-order valence-electron chi connectivity index (χ1n) is 5.49. The Morgan fingerprint density at radius 3 is 2.47 bits per heavy atom. The zero-order valence-corrected chi connectivity index (χ0v) is 9.92. The predicted molar refractivity (Wildman–Crippen MR) is 61.2 cm³/mol. The zero-order chi connectivity index (χ0) is 12.3. The third-order valence-corrected chi connectivity index (χ3v) is 3.02. The first-order valence-corrected chi connectivity index (χ1v) is 5.49. The van der Waals surface area contributed by atoms with E-state index < -0.39 is 0 Å². The van der Waals surface area contributed by atoms with Gasteiger partial charge in [0.25, 0.3) is 0 Å². The van der Waals surface area contributed by atoms with Crippen molar-refractivity contribution < 1.29 is 14.2 Å². The molecule has 1 heterocycles. The standard InChI is InChI=1S/C13H15NO3/c1-15-12-7-11(13(16-2)17-12)10-5-3-9(8-14)4-6-10/h3-6,11-13H,7H2,1-2H3. The first kappa shape index (κ1) is 12.1. The van der Waals surface area contributed by atoms with Crippen molar-refractivity contribution in [2.24, 2.45) is 0 Å². The number of nitrogens with zero attached hydrogens (tertiary/aromatic N) is 1. The highest BCUT2D eigenvalue weighted by Crippen LogP contribution is 2.35. The molecule has 1 aromatic carbocycles. The normalized spacial score (nSPS) is 27.9. The molecule has 17 heavy (non-hydrogen) atoms. The predicted octanol–water partition coefficient (Wildman–Crippen LogP) is 2.01. The monoisotopic (exact) mass is 233 g/mol. The Labute approximate surface area is 101 Å². The van der Waals surface area contributed by atoms with Gasteiger partial charge in [-0.05, 0) is 17.7 Å². The second-order valence-corrected chi connectivity index (χ2v) is 3.98. The summed E-state index contributed by atoms with van der Waals surface area (Å²) >= 11 is 0. The van der Waals surface area contributed by atoms with Crippen LogP contribution in [0.25, 0.3) is 0 Å². The molecule has 0 radical (unpaired) electrons. The Balaban J connectivity index is 2.17. The van der Waals surface area contributed by atoms with Crippen LogP contribution < -0.4 is 0 Å². The molecule has 3 atom stereocenters. The Kier molecular flexibility index (Phi) is 3.75. The number of hydrogen-bond donors (Lipinski definition) is 0. The maximum absolute atomic E-state index is 8.75. The van der Waals surface area contributed by atoms with Crippen LogP contribution in [-0.2, 0) is 14.2 Å². The average Bonchev–Trinajstić information content (AvgIpc) is 2.82. The Morgan fingerprint density at radius 2 is 1.94 bits per heavy atom. The van der Waals surface area contributed by atoms with E-state index in [0.717, 1.165) is 12.0 Å². The molecule has 0 aromatic heterocycles. The molecule has 4 nitrogen and oxygen atoms in total. The summed E-state index contributed by atoms with van der Waals surface area (Å²) in [5.41, 5.74) is 1.76.